The molecule has 1 atom stereocenters. The Hall–Kier alpha value is -2.34. The van der Waals surface area contributed by atoms with E-state index in [9.17, 15) is 9.59 Å². The van der Waals surface area contributed by atoms with Gasteiger partial charge in [-0.05, 0) is 18.1 Å². The van der Waals surface area contributed by atoms with Crippen LogP contribution in [0.15, 0.2) is 30.5 Å². The van der Waals surface area contributed by atoms with Gasteiger partial charge in [0.05, 0.1) is 12.6 Å². The molecule has 0 radical (unpaired) electrons. The van der Waals surface area contributed by atoms with Gasteiger partial charge in [-0.25, -0.2) is 0 Å². The van der Waals surface area contributed by atoms with Crippen molar-refractivity contribution >= 4 is 22.7 Å². The van der Waals surface area contributed by atoms with E-state index in [1.807, 2.05) is 30.5 Å². The summed E-state index contributed by atoms with van der Waals surface area (Å²) in [4.78, 5) is 26.0. The van der Waals surface area contributed by atoms with Gasteiger partial charge in [-0.1, -0.05) is 18.2 Å². The third kappa shape index (κ3) is 3.16. The molecular weight excluding hydrogens is 256 g/mol. The number of hydrogen-bond donors (Lipinski definition) is 4. The van der Waals surface area contributed by atoms with Crippen LogP contribution in [0.2, 0.25) is 0 Å². The second-order valence-electron chi connectivity index (χ2n) is 4.56. The van der Waals surface area contributed by atoms with Crippen LogP contribution >= 0.6 is 0 Å². The molecule has 0 saturated carbocycles. The van der Waals surface area contributed by atoms with Gasteiger partial charge in [0.25, 0.3) is 0 Å². The molecular formula is C14H18N4O2. The molecule has 0 saturated heterocycles. The zero-order valence-corrected chi connectivity index (χ0v) is 11.3. The van der Waals surface area contributed by atoms with Crippen LogP contribution in [-0.4, -0.2) is 36.4 Å². The molecule has 1 aromatic carbocycles. The monoisotopic (exact) mass is 274 g/mol. The number of para-hydroxylation sites is 1. The van der Waals surface area contributed by atoms with Crippen molar-refractivity contribution in [3.8, 4) is 0 Å². The van der Waals surface area contributed by atoms with Crippen molar-refractivity contribution in [2.24, 2.45) is 5.73 Å². The number of hydrogen-bond acceptors (Lipinski definition) is 3. The molecule has 0 aliphatic rings. The molecule has 2 aromatic rings. The van der Waals surface area contributed by atoms with Gasteiger partial charge in [-0.3, -0.25) is 9.59 Å². The molecule has 5 N–H and O–H groups in total. The van der Waals surface area contributed by atoms with Crippen LogP contribution in [0.5, 0.6) is 0 Å². The highest BCUT2D eigenvalue weighted by molar-refractivity contribution is 5.88. The number of amides is 2. The highest BCUT2D eigenvalue weighted by Crippen LogP contribution is 2.18. The van der Waals surface area contributed by atoms with Gasteiger partial charge in [0.1, 0.15) is 0 Å². The largest absolute Gasteiger partial charge is 0.361 e. The zero-order chi connectivity index (χ0) is 14.5. The van der Waals surface area contributed by atoms with Gasteiger partial charge >= 0.3 is 0 Å². The molecule has 2 amide bonds. The molecule has 6 heteroatoms. The second-order valence-corrected chi connectivity index (χ2v) is 4.56. The lowest BCUT2D eigenvalue weighted by Crippen LogP contribution is -2.45. The Morgan fingerprint density at radius 3 is 2.85 bits per heavy atom. The van der Waals surface area contributed by atoms with Gasteiger partial charge < -0.3 is 21.4 Å². The van der Waals surface area contributed by atoms with Crippen LogP contribution in [0, 0.1) is 0 Å². The van der Waals surface area contributed by atoms with Crippen molar-refractivity contribution in [3.63, 3.8) is 0 Å². The minimum atomic E-state index is -0.682. The van der Waals surface area contributed by atoms with Gasteiger partial charge in [0.2, 0.25) is 11.8 Å². The zero-order valence-electron chi connectivity index (χ0n) is 11.3. The molecule has 20 heavy (non-hydrogen) atoms. The summed E-state index contributed by atoms with van der Waals surface area (Å²) in [5.74, 6) is -0.587. The molecule has 0 fully saturated rings. The topological polar surface area (TPSA) is 100 Å². The summed E-state index contributed by atoms with van der Waals surface area (Å²) in [5.41, 5.74) is 7.87. The van der Waals surface area contributed by atoms with Gasteiger partial charge in [-0.2, -0.15) is 0 Å². The number of H-pyrrole nitrogens is 1. The summed E-state index contributed by atoms with van der Waals surface area (Å²) in [5, 5.41) is 5.99. The number of fused-ring (bicyclic) bond motifs is 1. The predicted octanol–water partition coefficient (Wildman–Crippen LogP) is -0.100. The molecule has 0 aliphatic carbocycles. The first-order valence-corrected chi connectivity index (χ1v) is 6.40. The summed E-state index contributed by atoms with van der Waals surface area (Å²) in [6, 6.07) is 7.15. The Kier molecular flexibility index (Phi) is 4.37. The highest BCUT2D eigenvalue weighted by atomic mass is 16.2. The minimum Gasteiger partial charge on any atom is -0.361 e. The van der Waals surface area contributed by atoms with E-state index in [-0.39, 0.29) is 18.4 Å². The fraction of sp³-hybridized carbons (Fsp3) is 0.286. The van der Waals surface area contributed by atoms with Crippen LogP contribution in [0.1, 0.15) is 5.56 Å². The van der Waals surface area contributed by atoms with Crippen LogP contribution in [0.4, 0.5) is 0 Å². The Morgan fingerprint density at radius 2 is 2.10 bits per heavy atom. The lowest BCUT2D eigenvalue weighted by molar-refractivity contribution is -0.126. The van der Waals surface area contributed by atoms with E-state index in [1.165, 1.54) is 7.05 Å². The first-order valence-electron chi connectivity index (χ1n) is 6.40. The van der Waals surface area contributed by atoms with Gasteiger partial charge in [0, 0.05) is 24.1 Å². The van der Waals surface area contributed by atoms with E-state index in [4.69, 9.17) is 5.73 Å². The third-order valence-electron chi connectivity index (χ3n) is 3.15. The lowest BCUT2D eigenvalue weighted by Gasteiger charge is -2.11. The summed E-state index contributed by atoms with van der Waals surface area (Å²) < 4.78 is 0. The Balaban J connectivity index is 1.98. The van der Waals surface area contributed by atoms with Crippen molar-refractivity contribution in [1.29, 1.82) is 0 Å². The number of benzene rings is 1. The van der Waals surface area contributed by atoms with Crippen molar-refractivity contribution in [3.05, 3.63) is 36.0 Å². The van der Waals surface area contributed by atoms with Gasteiger partial charge in [-0.15, -0.1) is 0 Å². The first kappa shape index (κ1) is 14.1. The normalized spacial score (nSPS) is 12.1. The first-order chi connectivity index (χ1) is 9.61. The van der Waals surface area contributed by atoms with Crippen LogP contribution in [-0.2, 0) is 16.0 Å². The van der Waals surface area contributed by atoms with Crippen molar-refractivity contribution < 1.29 is 9.59 Å². The number of likely N-dealkylation sites (N-methyl/N-ethyl adjacent to an activating group) is 1. The van der Waals surface area contributed by atoms with E-state index in [0.29, 0.717) is 6.42 Å². The molecule has 1 heterocycles. The Labute approximate surface area is 116 Å². The SMILES string of the molecule is CNC(=O)CNC(=O)C(N)Cc1c[nH]c2ccccc12. The summed E-state index contributed by atoms with van der Waals surface area (Å²) in [7, 11) is 1.51. The predicted molar refractivity (Wildman–Crippen MR) is 77.1 cm³/mol. The molecule has 1 aromatic heterocycles. The summed E-state index contributed by atoms with van der Waals surface area (Å²) in [6.07, 6.45) is 2.28. The number of aromatic nitrogens is 1. The fourth-order valence-electron chi connectivity index (χ4n) is 2.02. The molecule has 0 bridgehead atoms. The molecule has 0 spiro atoms. The molecule has 6 nitrogen and oxygen atoms in total. The van der Waals surface area contributed by atoms with E-state index < -0.39 is 6.04 Å². The highest BCUT2D eigenvalue weighted by Gasteiger charge is 2.16. The number of rotatable bonds is 5. The quantitative estimate of drug-likeness (QED) is 0.612. The Bertz CT molecular complexity index is 620. The lowest BCUT2D eigenvalue weighted by atomic mass is 10.1. The van der Waals surface area contributed by atoms with Crippen molar-refractivity contribution in [2.75, 3.05) is 13.6 Å². The van der Waals surface area contributed by atoms with Crippen molar-refractivity contribution in [1.82, 2.24) is 15.6 Å². The fourth-order valence-corrected chi connectivity index (χ4v) is 2.02. The number of nitrogens with one attached hydrogen (secondary N) is 3. The van der Waals surface area contributed by atoms with Crippen LogP contribution in [0.25, 0.3) is 10.9 Å². The number of carbonyl (C=O) groups excluding carboxylic acids is 2. The number of carbonyl (C=O) groups is 2. The van der Waals surface area contributed by atoms with E-state index in [0.717, 1.165) is 16.5 Å². The third-order valence-corrected chi connectivity index (χ3v) is 3.15. The van der Waals surface area contributed by atoms with Crippen LogP contribution < -0.4 is 16.4 Å². The maximum Gasteiger partial charge on any atom is 0.239 e. The maximum atomic E-state index is 11.8. The number of aromatic amines is 1. The molecule has 0 aliphatic heterocycles. The van der Waals surface area contributed by atoms with Crippen LogP contribution in [0.3, 0.4) is 0 Å². The average Bonchev–Trinajstić information content (AvgIpc) is 2.87. The maximum absolute atomic E-state index is 11.8. The molecule has 106 valence electrons. The number of nitrogens with two attached hydrogens (primary N) is 1. The standard InChI is InChI=1S/C14H18N4O2/c1-16-13(19)8-18-14(20)11(15)6-9-7-17-12-5-3-2-4-10(9)12/h2-5,7,11,17H,6,8,15H2,1H3,(H,16,19)(H,18,20). The van der Waals surface area contributed by atoms with E-state index in [2.05, 4.69) is 15.6 Å². The van der Waals surface area contributed by atoms with E-state index >= 15 is 0 Å². The smallest absolute Gasteiger partial charge is 0.239 e. The Morgan fingerprint density at radius 1 is 1.35 bits per heavy atom. The minimum absolute atomic E-state index is 0.0586. The average molecular weight is 274 g/mol. The second kappa shape index (κ2) is 6.21. The summed E-state index contributed by atoms with van der Waals surface area (Å²) >= 11 is 0. The summed E-state index contributed by atoms with van der Waals surface area (Å²) in [6.45, 7) is -0.0586. The van der Waals surface area contributed by atoms with Gasteiger partial charge in [0.15, 0.2) is 0 Å². The van der Waals surface area contributed by atoms with E-state index in [1.54, 1.807) is 0 Å². The molecule has 1 unspecified atom stereocenters. The molecule has 2 rings (SSSR count). The van der Waals surface area contributed by atoms with Crippen molar-refractivity contribution in [2.45, 2.75) is 12.5 Å².